The van der Waals surface area contributed by atoms with E-state index >= 15 is 0 Å². The van der Waals surface area contributed by atoms with Crippen LogP contribution in [0.15, 0.2) is 18.2 Å². The molecule has 1 amide bonds. The molecule has 19 heavy (non-hydrogen) atoms. The highest BCUT2D eigenvalue weighted by atomic mass is 16.7. The van der Waals surface area contributed by atoms with Crippen molar-refractivity contribution in [2.45, 2.75) is 26.0 Å². The highest BCUT2D eigenvalue weighted by Crippen LogP contribution is 2.36. The van der Waals surface area contributed by atoms with Gasteiger partial charge in [0.25, 0.3) is 5.91 Å². The van der Waals surface area contributed by atoms with Gasteiger partial charge in [-0.05, 0) is 26.0 Å². The number of rotatable bonds is 1. The molecule has 0 aliphatic carbocycles. The molecule has 0 radical (unpaired) electrons. The van der Waals surface area contributed by atoms with E-state index in [4.69, 9.17) is 14.2 Å². The van der Waals surface area contributed by atoms with Gasteiger partial charge in [-0.1, -0.05) is 6.07 Å². The minimum Gasteiger partial charge on any atom is -0.454 e. The van der Waals surface area contributed by atoms with Crippen LogP contribution in [0.2, 0.25) is 0 Å². The van der Waals surface area contributed by atoms with Crippen molar-refractivity contribution < 1.29 is 19.0 Å². The Balaban J connectivity index is 1.90. The van der Waals surface area contributed by atoms with Crippen LogP contribution in [-0.2, 0) is 4.74 Å². The van der Waals surface area contributed by atoms with E-state index in [-0.39, 0.29) is 24.8 Å². The zero-order chi connectivity index (χ0) is 13.4. The number of para-hydroxylation sites is 1. The zero-order valence-corrected chi connectivity index (χ0v) is 11.1. The summed E-state index contributed by atoms with van der Waals surface area (Å²) in [6.07, 6.45) is 0.0640. The van der Waals surface area contributed by atoms with E-state index in [9.17, 15) is 4.79 Å². The highest BCUT2D eigenvalue weighted by molar-refractivity contribution is 5.98. The maximum Gasteiger partial charge on any atom is 0.258 e. The second-order valence-electron chi connectivity index (χ2n) is 4.99. The van der Waals surface area contributed by atoms with E-state index in [2.05, 4.69) is 0 Å². The summed E-state index contributed by atoms with van der Waals surface area (Å²) in [5, 5.41) is 0. The van der Waals surface area contributed by atoms with Crippen LogP contribution in [0.5, 0.6) is 11.5 Å². The number of nitrogens with zero attached hydrogens (tertiary/aromatic N) is 1. The molecule has 1 saturated heterocycles. The molecular formula is C14H17NO4. The molecule has 5 nitrogen and oxygen atoms in total. The number of morpholine rings is 1. The molecule has 0 bridgehead atoms. The first-order valence-electron chi connectivity index (χ1n) is 6.48. The largest absolute Gasteiger partial charge is 0.454 e. The molecule has 2 aliphatic heterocycles. The number of fused-ring (bicyclic) bond motifs is 1. The van der Waals surface area contributed by atoms with Crippen molar-refractivity contribution in [2.24, 2.45) is 0 Å². The third kappa shape index (κ3) is 2.14. The lowest BCUT2D eigenvalue weighted by atomic mass is 10.1. The van der Waals surface area contributed by atoms with Crippen LogP contribution in [0.1, 0.15) is 24.2 Å². The van der Waals surface area contributed by atoms with Gasteiger partial charge in [0, 0.05) is 6.54 Å². The molecule has 0 saturated carbocycles. The van der Waals surface area contributed by atoms with Crippen molar-refractivity contribution in [2.75, 3.05) is 19.9 Å². The van der Waals surface area contributed by atoms with Crippen molar-refractivity contribution in [3.63, 3.8) is 0 Å². The minimum absolute atomic E-state index is 0.0231. The van der Waals surface area contributed by atoms with Gasteiger partial charge in [-0.15, -0.1) is 0 Å². The lowest BCUT2D eigenvalue weighted by molar-refractivity contribution is -0.0388. The average Bonchev–Trinajstić information content (AvgIpc) is 2.89. The van der Waals surface area contributed by atoms with Crippen LogP contribution in [-0.4, -0.2) is 42.9 Å². The summed E-state index contributed by atoms with van der Waals surface area (Å²) in [7, 11) is 0. The van der Waals surface area contributed by atoms with E-state index in [0.717, 1.165) is 0 Å². The standard InChI is InChI=1S/C14H17NO4/c1-9-7-17-10(2)6-15(9)14(16)11-4-3-5-12-13(11)19-8-18-12/h3-5,9-10H,6-8H2,1-2H3. The molecular weight excluding hydrogens is 246 g/mol. The van der Waals surface area contributed by atoms with E-state index in [0.29, 0.717) is 30.2 Å². The number of benzene rings is 1. The van der Waals surface area contributed by atoms with Gasteiger partial charge in [-0.2, -0.15) is 0 Å². The Morgan fingerprint density at radius 2 is 2.16 bits per heavy atom. The van der Waals surface area contributed by atoms with E-state index < -0.39 is 0 Å². The van der Waals surface area contributed by atoms with Gasteiger partial charge in [0.15, 0.2) is 11.5 Å². The second kappa shape index (κ2) is 4.74. The smallest absolute Gasteiger partial charge is 0.258 e. The fourth-order valence-corrected chi connectivity index (χ4v) is 2.44. The Hall–Kier alpha value is -1.75. The zero-order valence-electron chi connectivity index (χ0n) is 11.1. The minimum atomic E-state index is -0.0231. The molecule has 0 aromatic heterocycles. The van der Waals surface area contributed by atoms with Gasteiger partial charge >= 0.3 is 0 Å². The van der Waals surface area contributed by atoms with Crippen molar-refractivity contribution in [3.05, 3.63) is 23.8 Å². The average molecular weight is 263 g/mol. The topological polar surface area (TPSA) is 48.0 Å². The molecule has 5 heteroatoms. The van der Waals surface area contributed by atoms with Crippen molar-refractivity contribution in [1.82, 2.24) is 4.90 Å². The SMILES string of the molecule is CC1CN(C(=O)c2cccc3c2OCO3)C(C)CO1. The molecule has 2 atom stereocenters. The van der Waals surface area contributed by atoms with Gasteiger partial charge < -0.3 is 19.1 Å². The molecule has 1 fully saturated rings. The van der Waals surface area contributed by atoms with E-state index in [1.165, 1.54) is 0 Å². The van der Waals surface area contributed by atoms with Crippen LogP contribution in [0.3, 0.4) is 0 Å². The first-order chi connectivity index (χ1) is 9.16. The number of carbonyl (C=O) groups is 1. The molecule has 3 rings (SSSR count). The van der Waals surface area contributed by atoms with Crippen molar-refractivity contribution >= 4 is 5.91 Å². The Labute approximate surface area is 112 Å². The van der Waals surface area contributed by atoms with Crippen LogP contribution in [0.25, 0.3) is 0 Å². The lowest BCUT2D eigenvalue weighted by Gasteiger charge is -2.36. The van der Waals surface area contributed by atoms with Crippen molar-refractivity contribution in [1.29, 1.82) is 0 Å². The second-order valence-corrected chi connectivity index (χ2v) is 4.99. The van der Waals surface area contributed by atoms with E-state index in [1.54, 1.807) is 6.07 Å². The summed E-state index contributed by atoms with van der Waals surface area (Å²) < 4.78 is 16.3. The monoisotopic (exact) mass is 263 g/mol. The normalized spacial score (nSPS) is 25.5. The fraction of sp³-hybridized carbons (Fsp3) is 0.500. The quantitative estimate of drug-likeness (QED) is 0.773. The highest BCUT2D eigenvalue weighted by Gasteiger charge is 2.31. The Bertz CT molecular complexity index is 502. The van der Waals surface area contributed by atoms with Crippen LogP contribution in [0.4, 0.5) is 0 Å². The maximum absolute atomic E-state index is 12.7. The summed E-state index contributed by atoms with van der Waals surface area (Å²) in [6, 6.07) is 5.48. The number of hydrogen-bond acceptors (Lipinski definition) is 4. The first kappa shape index (κ1) is 12.3. The van der Waals surface area contributed by atoms with Gasteiger partial charge in [0.05, 0.1) is 24.3 Å². The predicted molar refractivity (Wildman–Crippen MR) is 68.5 cm³/mol. The number of carbonyl (C=O) groups excluding carboxylic acids is 1. The lowest BCUT2D eigenvalue weighted by Crippen LogP contribution is -2.50. The fourth-order valence-electron chi connectivity index (χ4n) is 2.44. The molecule has 1 aromatic carbocycles. The summed E-state index contributed by atoms with van der Waals surface area (Å²) in [6.45, 7) is 5.31. The first-order valence-corrected chi connectivity index (χ1v) is 6.48. The van der Waals surface area contributed by atoms with Gasteiger partial charge in [0.1, 0.15) is 0 Å². The van der Waals surface area contributed by atoms with Gasteiger partial charge in [-0.25, -0.2) is 0 Å². The molecule has 2 unspecified atom stereocenters. The molecule has 1 aromatic rings. The Morgan fingerprint density at radius 1 is 1.32 bits per heavy atom. The van der Waals surface area contributed by atoms with Crippen LogP contribution < -0.4 is 9.47 Å². The molecule has 0 N–H and O–H groups in total. The summed E-state index contributed by atoms with van der Waals surface area (Å²) in [5.41, 5.74) is 0.566. The Morgan fingerprint density at radius 3 is 3.00 bits per heavy atom. The van der Waals surface area contributed by atoms with Gasteiger partial charge in [-0.3, -0.25) is 4.79 Å². The number of ether oxygens (including phenoxy) is 3. The third-order valence-electron chi connectivity index (χ3n) is 3.50. The molecule has 102 valence electrons. The number of hydrogen-bond donors (Lipinski definition) is 0. The Kier molecular flexibility index (Phi) is 3.06. The predicted octanol–water partition coefficient (Wildman–Crippen LogP) is 1.66. The summed E-state index contributed by atoms with van der Waals surface area (Å²) in [4.78, 5) is 14.5. The van der Waals surface area contributed by atoms with Crippen molar-refractivity contribution in [3.8, 4) is 11.5 Å². The number of amides is 1. The third-order valence-corrected chi connectivity index (χ3v) is 3.50. The van der Waals surface area contributed by atoms with Gasteiger partial charge in [0.2, 0.25) is 6.79 Å². The summed E-state index contributed by atoms with van der Waals surface area (Å²) >= 11 is 0. The molecule has 0 spiro atoms. The maximum atomic E-state index is 12.7. The van der Waals surface area contributed by atoms with E-state index in [1.807, 2.05) is 30.9 Å². The molecule has 2 aliphatic rings. The summed E-state index contributed by atoms with van der Waals surface area (Å²) in [5.74, 6) is 1.17. The molecule has 2 heterocycles. The van der Waals surface area contributed by atoms with Crippen LogP contribution >= 0.6 is 0 Å². The van der Waals surface area contributed by atoms with Crippen LogP contribution in [0, 0.1) is 0 Å².